The third-order valence-electron chi connectivity index (χ3n) is 1.72. The van der Waals surface area contributed by atoms with Crippen LogP contribution in [0.5, 0.6) is 0 Å². The minimum absolute atomic E-state index is 0.179. The first-order chi connectivity index (χ1) is 5.68. The molecule has 1 fully saturated rings. The second kappa shape index (κ2) is 2.78. The molecule has 1 aromatic rings. The summed E-state index contributed by atoms with van der Waals surface area (Å²) in [5.41, 5.74) is 0.420. The summed E-state index contributed by atoms with van der Waals surface area (Å²) in [5, 5.41) is 0. The summed E-state index contributed by atoms with van der Waals surface area (Å²) in [4.78, 5) is 0. The molecule has 1 nitrogen and oxygen atoms in total. The highest BCUT2D eigenvalue weighted by atomic mass is 79.9. The number of ether oxygens (including phenoxy) is 1. The summed E-state index contributed by atoms with van der Waals surface area (Å²) in [6.07, 6.45) is -0.179. The molecular weight excluding hydrogens is 230 g/mol. The average molecular weight is 235 g/mol. The maximum Gasteiger partial charge on any atom is 0.140 e. The van der Waals surface area contributed by atoms with Gasteiger partial charge < -0.3 is 4.74 Å². The van der Waals surface area contributed by atoms with Crippen LogP contribution in [0.4, 0.5) is 8.78 Å². The zero-order valence-electron chi connectivity index (χ0n) is 5.98. The van der Waals surface area contributed by atoms with Crippen molar-refractivity contribution in [2.24, 2.45) is 0 Å². The number of rotatable bonds is 1. The van der Waals surface area contributed by atoms with E-state index in [1.54, 1.807) is 0 Å². The van der Waals surface area contributed by atoms with Crippen molar-refractivity contribution in [1.29, 1.82) is 0 Å². The Morgan fingerprint density at radius 3 is 2.58 bits per heavy atom. The van der Waals surface area contributed by atoms with Crippen LogP contribution in [0.1, 0.15) is 11.7 Å². The van der Waals surface area contributed by atoms with Gasteiger partial charge in [-0.1, -0.05) is 0 Å². The molecule has 1 saturated heterocycles. The van der Waals surface area contributed by atoms with Crippen LogP contribution in [0.3, 0.4) is 0 Å². The Kier molecular flexibility index (Phi) is 1.88. The Morgan fingerprint density at radius 2 is 2.00 bits per heavy atom. The monoisotopic (exact) mass is 234 g/mol. The second-order valence-electron chi connectivity index (χ2n) is 2.61. The molecule has 1 atom stereocenters. The summed E-state index contributed by atoms with van der Waals surface area (Å²) in [5.74, 6) is -1.13. The van der Waals surface area contributed by atoms with Crippen LogP contribution in [-0.4, -0.2) is 6.61 Å². The number of hydrogen-bond donors (Lipinski definition) is 0. The van der Waals surface area contributed by atoms with E-state index >= 15 is 0 Å². The number of hydrogen-bond acceptors (Lipinski definition) is 1. The molecule has 0 aliphatic carbocycles. The molecule has 64 valence electrons. The molecule has 0 aromatic heterocycles. The molecule has 1 aliphatic rings. The molecule has 0 N–H and O–H groups in total. The van der Waals surface area contributed by atoms with Crippen LogP contribution in [-0.2, 0) is 4.74 Å². The SMILES string of the molecule is Fc1cc(F)c([C@H]2CO2)cc1Br. The average Bonchev–Trinajstić information content (AvgIpc) is 2.79. The van der Waals surface area contributed by atoms with Crippen molar-refractivity contribution < 1.29 is 13.5 Å². The van der Waals surface area contributed by atoms with Gasteiger partial charge in [0.25, 0.3) is 0 Å². The van der Waals surface area contributed by atoms with Crippen LogP contribution in [0.15, 0.2) is 16.6 Å². The van der Waals surface area contributed by atoms with Gasteiger partial charge in [-0.25, -0.2) is 8.78 Å². The van der Waals surface area contributed by atoms with Crippen molar-refractivity contribution in [2.45, 2.75) is 6.10 Å². The molecule has 1 aromatic carbocycles. The Morgan fingerprint density at radius 1 is 1.33 bits per heavy atom. The summed E-state index contributed by atoms with van der Waals surface area (Å²) in [6.45, 7) is 0.523. The van der Waals surface area contributed by atoms with Gasteiger partial charge in [0.05, 0.1) is 11.1 Å². The van der Waals surface area contributed by atoms with Crippen LogP contribution in [0.2, 0.25) is 0 Å². The lowest BCUT2D eigenvalue weighted by atomic mass is 10.1. The Hall–Kier alpha value is -0.480. The van der Waals surface area contributed by atoms with Crippen molar-refractivity contribution >= 4 is 15.9 Å². The van der Waals surface area contributed by atoms with Crippen molar-refractivity contribution in [3.05, 3.63) is 33.8 Å². The zero-order valence-corrected chi connectivity index (χ0v) is 7.57. The van der Waals surface area contributed by atoms with Gasteiger partial charge in [0.1, 0.15) is 17.7 Å². The van der Waals surface area contributed by atoms with Gasteiger partial charge in [-0.3, -0.25) is 0 Å². The molecule has 1 heterocycles. The van der Waals surface area contributed by atoms with E-state index in [4.69, 9.17) is 4.74 Å². The van der Waals surface area contributed by atoms with E-state index in [0.29, 0.717) is 12.2 Å². The van der Waals surface area contributed by atoms with Gasteiger partial charge in [-0.05, 0) is 22.0 Å². The van der Waals surface area contributed by atoms with Gasteiger partial charge in [-0.2, -0.15) is 0 Å². The first-order valence-electron chi connectivity index (χ1n) is 3.44. The maximum absolute atomic E-state index is 13.0. The highest BCUT2D eigenvalue weighted by Crippen LogP contribution is 2.34. The molecule has 0 saturated carbocycles. The predicted molar refractivity (Wildman–Crippen MR) is 42.8 cm³/mol. The fourth-order valence-corrected chi connectivity index (χ4v) is 1.37. The summed E-state index contributed by atoms with van der Waals surface area (Å²) < 4.78 is 30.9. The molecule has 0 radical (unpaired) electrons. The largest absolute Gasteiger partial charge is 0.368 e. The highest BCUT2D eigenvalue weighted by Gasteiger charge is 2.28. The maximum atomic E-state index is 13.0. The van der Waals surface area contributed by atoms with Crippen molar-refractivity contribution in [2.75, 3.05) is 6.61 Å². The molecule has 0 spiro atoms. The van der Waals surface area contributed by atoms with Gasteiger partial charge in [0.15, 0.2) is 0 Å². The Balaban J connectivity index is 2.47. The fraction of sp³-hybridized carbons (Fsp3) is 0.250. The minimum atomic E-state index is -0.586. The van der Waals surface area contributed by atoms with Crippen LogP contribution >= 0.6 is 15.9 Å². The first-order valence-corrected chi connectivity index (χ1v) is 4.24. The molecular formula is C8H5BrF2O. The Bertz CT molecular complexity index is 323. The Labute approximate surface area is 76.5 Å². The van der Waals surface area contributed by atoms with Crippen LogP contribution in [0.25, 0.3) is 0 Å². The molecule has 1 aliphatic heterocycles. The number of epoxide rings is 1. The van der Waals surface area contributed by atoms with E-state index in [0.717, 1.165) is 6.07 Å². The van der Waals surface area contributed by atoms with E-state index in [-0.39, 0.29) is 10.6 Å². The van der Waals surface area contributed by atoms with E-state index in [1.165, 1.54) is 6.07 Å². The lowest BCUT2D eigenvalue weighted by Gasteiger charge is -2.00. The zero-order chi connectivity index (χ0) is 8.72. The smallest absolute Gasteiger partial charge is 0.140 e. The summed E-state index contributed by atoms with van der Waals surface area (Å²) in [7, 11) is 0. The van der Waals surface area contributed by atoms with Crippen molar-refractivity contribution in [1.82, 2.24) is 0 Å². The van der Waals surface area contributed by atoms with Gasteiger partial charge >= 0.3 is 0 Å². The third-order valence-corrected chi connectivity index (χ3v) is 2.33. The van der Waals surface area contributed by atoms with Gasteiger partial charge in [0.2, 0.25) is 0 Å². The lowest BCUT2D eigenvalue weighted by Crippen LogP contribution is -1.90. The van der Waals surface area contributed by atoms with Crippen molar-refractivity contribution in [3.63, 3.8) is 0 Å². The minimum Gasteiger partial charge on any atom is -0.368 e. The number of benzene rings is 1. The highest BCUT2D eigenvalue weighted by molar-refractivity contribution is 9.10. The quantitative estimate of drug-likeness (QED) is 0.538. The van der Waals surface area contributed by atoms with Gasteiger partial charge in [-0.15, -0.1) is 0 Å². The molecule has 0 bridgehead atoms. The summed E-state index contributed by atoms with van der Waals surface area (Å²) >= 11 is 2.98. The predicted octanol–water partition coefficient (Wildman–Crippen LogP) is 2.80. The molecule has 4 heteroatoms. The van der Waals surface area contributed by atoms with E-state index in [9.17, 15) is 8.78 Å². The molecule has 2 rings (SSSR count). The van der Waals surface area contributed by atoms with Crippen LogP contribution in [0, 0.1) is 11.6 Å². The molecule has 0 amide bonds. The van der Waals surface area contributed by atoms with Crippen molar-refractivity contribution in [3.8, 4) is 0 Å². The standard InChI is InChI=1S/C8H5BrF2O/c9-5-1-4(8-3-12-8)6(10)2-7(5)11/h1-2,8H,3H2/t8-/m1/s1. The third kappa shape index (κ3) is 1.36. The first kappa shape index (κ1) is 8.13. The molecule has 0 unspecified atom stereocenters. The van der Waals surface area contributed by atoms with E-state index in [2.05, 4.69) is 15.9 Å². The number of halogens is 3. The molecule has 12 heavy (non-hydrogen) atoms. The lowest BCUT2D eigenvalue weighted by molar-refractivity contribution is 0.407. The van der Waals surface area contributed by atoms with E-state index < -0.39 is 11.6 Å². The second-order valence-corrected chi connectivity index (χ2v) is 3.46. The van der Waals surface area contributed by atoms with E-state index in [1.807, 2.05) is 0 Å². The van der Waals surface area contributed by atoms with Crippen LogP contribution < -0.4 is 0 Å². The normalized spacial score (nSPS) is 21.1. The topological polar surface area (TPSA) is 12.5 Å². The summed E-state index contributed by atoms with van der Waals surface area (Å²) in [6, 6.07) is 2.28. The van der Waals surface area contributed by atoms with Gasteiger partial charge in [0, 0.05) is 11.6 Å². The fourth-order valence-electron chi connectivity index (χ4n) is 1.01.